The predicted molar refractivity (Wildman–Crippen MR) is 58.0 cm³/mol. The van der Waals surface area contributed by atoms with E-state index in [1.807, 2.05) is 6.20 Å². The molecule has 2 nitrogen and oxygen atoms in total. The highest BCUT2D eigenvalue weighted by Gasteiger charge is 2.09. The van der Waals surface area contributed by atoms with Crippen molar-refractivity contribution in [2.45, 2.75) is 34.2 Å². The molecule has 0 aliphatic rings. The van der Waals surface area contributed by atoms with E-state index < -0.39 is 0 Å². The molecule has 0 aromatic carbocycles. The fraction of sp³-hybridized carbons (Fsp3) is 0.700. The molecule has 0 bridgehead atoms. The van der Waals surface area contributed by atoms with E-state index in [4.69, 9.17) is 0 Å². The summed E-state index contributed by atoms with van der Waals surface area (Å²) < 4.78 is 0. The van der Waals surface area contributed by atoms with Crippen LogP contribution in [0.4, 0.5) is 0 Å². The summed E-state index contributed by atoms with van der Waals surface area (Å²) in [7, 11) is 0. The third-order valence-electron chi connectivity index (χ3n) is 1.60. The van der Waals surface area contributed by atoms with Gasteiger partial charge in [0.05, 0.1) is 0 Å². The van der Waals surface area contributed by atoms with Gasteiger partial charge < -0.3 is 5.32 Å². The Morgan fingerprint density at radius 2 is 2.15 bits per heavy atom. The number of aryl methyl sites for hydroxylation is 1. The molecule has 0 fully saturated rings. The third-order valence-corrected chi connectivity index (χ3v) is 2.51. The standard InChI is InChI=1S/C10H18N2S/c1-8-5-12-9(13-8)6-11-7-10(2,3)4/h5,11H,6-7H2,1-4H3. The maximum atomic E-state index is 4.29. The van der Waals surface area contributed by atoms with Gasteiger partial charge in [0.1, 0.15) is 5.01 Å². The Labute approximate surface area is 84.4 Å². The summed E-state index contributed by atoms with van der Waals surface area (Å²) in [5.41, 5.74) is 0.353. The van der Waals surface area contributed by atoms with Crippen molar-refractivity contribution >= 4 is 11.3 Å². The number of hydrogen-bond donors (Lipinski definition) is 1. The first-order chi connectivity index (χ1) is 5.97. The molecule has 3 heteroatoms. The van der Waals surface area contributed by atoms with Crippen LogP contribution in [0.15, 0.2) is 6.20 Å². The van der Waals surface area contributed by atoms with Crippen LogP contribution in [0.1, 0.15) is 30.7 Å². The highest BCUT2D eigenvalue weighted by molar-refractivity contribution is 7.11. The summed E-state index contributed by atoms with van der Waals surface area (Å²) in [5, 5.41) is 4.59. The summed E-state index contributed by atoms with van der Waals surface area (Å²) in [6.07, 6.45) is 1.93. The zero-order valence-corrected chi connectivity index (χ0v) is 9.66. The molecule has 0 amide bonds. The van der Waals surface area contributed by atoms with E-state index in [1.54, 1.807) is 11.3 Å². The van der Waals surface area contributed by atoms with E-state index in [-0.39, 0.29) is 0 Å². The Morgan fingerprint density at radius 1 is 1.46 bits per heavy atom. The van der Waals surface area contributed by atoms with E-state index in [1.165, 1.54) is 9.88 Å². The van der Waals surface area contributed by atoms with E-state index in [0.29, 0.717) is 5.41 Å². The average Bonchev–Trinajstić information content (AvgIpc) is 2.33. The molecular weight excluding hydrogens is 180 g/mol. The van der Waals surface area contributed by atoms with Gasteiger partial charge in [0.2, 0.25) is 0 Å². The van der Waals surface area contributed by atoms with Gasteiger partial charge in [-0.3, -0.25) is 0 Å². The minimum atomic E-state index is 0.353. The summed E-state index contributed by atoms with van der Waals surface area (Å²) in [5.74, 6) is 0. The van der Waals surface area contributed by atoms with Crippen LogP contribution in [0.3, 0.4) is 0 Å². The van der Waals surface area contributed by atoms with Crippen molar-refractivity contribution in [3.05, 3.63) is 16.1 Å². The lowest BCUT2D eigenvalue weighted by molar-refractivity contribution is 0.379. The molecule has 0 spiro atoms. The van der Waals surface area contributed by atoms with Crippen LogP contribution in [0, 0.1) is 12.3 Å². The molecule has 0 unspecified atom stereocenters. The van der Waals surface area contributed by atoms with Gasteiger partial charge in [-0.25, -0.2) is 4.98 Å². The zero-order valence-electron chi connectivity index (χ0n) is 8.85. The first-order valence-corrected chi connectivity index (χ1v) is 5.41. The first-order valence-electron chi connectivity index (χ1n) is 4.59. The summed E-state index contributed by atoms with van der Waals surface area (Å²) in [6, 6.07) is 0. The number of nitrogens with one attached hydrogen (secondary N) is 1. The van der Waals surface area contributed by atoms with Crippen LogP contribution >= 0.6 is 11.3 Å². The second-order valence-electron chi connectivity index (χ2n) is 4.53. The van der Waals surface area contributed by atoms with Gasteiger partial charge >= 0.3 is 0 Å². The fourth-order valence-corrected chi connectivity index (χ4v) is 1.78. The van der Waals surface area contributed by atoms with E-state index >= 15 is 0 Å². The van der Waals surface area contributed by atoms with E-state index in [0.717, 1.165) is 13.1 Å². The molecule has 0 atom stereocenters. The van der Waals surface area contributed by atoms with Crippen molar-refractivity contribution in [1.82, 2.24) is 10.3 Å². The molecule has 1 heterocycles. The predicted octanol–water partition coefficient (Wildman–Crippen LogP) is 2.59. The van der Waals surface area contributed by atoms with E-state index in [2.05, 4.69) is 38.0 Å². The van der Waals surface area contributed by atoms with Crippen LogP contribution < -0.4 is 5.32 Å². The Bertz CT molecular complexity index is 260. The zero-order chi connectivity index (χ0) is 9.90. The van der Waals surface area contributed by atoms with Crippen LogP contribution in [-0.2, 0) is 6.54 Å². The molecule has 0 saturated carbocycles. The van der Waals surface area contributed by atoms with Gasteiger partial charge in [0, 0.05) is 24.2 Å². The molecule has 0 saturated heterocycles. The SMILES string of the molecule is Cc1cnc(CNCC(C)(C)C)s1. The number of rotatable bonds is 3. The lowest BCUT2D eigenvalue weighted by atomic mass is 9.97. The normalized spacial score (nSPS) is 12.0. The monoisotopic (exact) mass is 198 g/mol. The van der Waals surface area contributed by atoms with Crippen molar-refractivity contribution < 1.29 is 0 Å². The van der Waals surface area contributed by atoms with Crippen molar-refractivity contribution in [2.75, 3.05) is 6.54 Å². The van der Waals surface area contributed by atoms with Gasteiger partial charge in [0.15, 0.2) is 0 Å². The molecule has 0 aliphatic heterocycles. The van der Waals surface area contributed by atoms with Crippen molar-refractivity contribution in [3.8, 4) is 0 Å². The van der Waals surface area contributed by atoms with Crippen molar-refractivity contribution in [1.29, 1.82) is 0 Å². The minimum Gasteiger partial charge on any atom is -0.310 e. The molecule has 74 valence electrons. The topological polar surface area (TPSA) is 24.9 Å². The molecule has 0 aliphatic carbocycles. The maximum Gasteiger partial charge on any atom is 0.107 e. The number of hydrogen-bond acceptors (Lipinski definition) is 3. The Morgan fingerprint density at radius 3 is 2.62 bits per heavy atom. The molecule has 1 rings (SSSR count). The smallest absolute Gasteiger partial charge is 0.107 e. The Hall–Kier alpha value is -0.410. The minimum absolute atomic E-state index is 0.353. The van der Waals surface area contributed by atoms with Crippen molar-refractivity contribution in [2.24, 2.45) is 5.41 Å². The summed E-state index contributed by atoms with van der Waals surface area (Å²) in [6.45, 7) is 10.7. The Balaban J connectivity index is 2.28. The van der Waals surface area contributed by atoms with Gasteiger partial charge in [-0.2, -0.15) is 0 Å². The largest absolute Gasteiger partial charge is 0.310 e. The van der Waals surface area contributed by atoms with Gasteiger partial charge in [-0.05, 0) is 12.3 Å². The molecule has 1 aromatic heterocycles. The maximum absolute atomic E-state index is 4.29. The molecule has 1 N–H and O–H groups in total. The lowest BCUT2D eigenvalue weighted by Crippen LogP contribution is -2.26. The van der Waals surface area contributed by atoms with E-state index in [9.17, 15) is 0 Å². The number of nitrogens with zero attached hydrogens (tertiary/aromatic N) is 1. The third kappa shape index (κ3) is 4.39. The molecular formula is C10H18N2S. The lowest BCUT2D eigenvalue weighted by Gasteiger charge is -2.18. The highest BCUT2D eigenvalue weighted by atomic mass is 32.1. The number of aromatic nitrogens is 1. The molecule has 1 aromatic rings. The average molecular weight is 198 g/mol. The molecule has 13 heavy (non-hydrogen) atoms. The highest BCUT2D eigenvalue weighted by Crippen LogP contribution is 2.13. The van der Waals surface area contributed by atoms with Crippen LogP contribution in [0.5, 0.6) is 0 Å². The Kier molecular flexibility index (Phi) is 3.45. The summed E-state index contributed by atoms with van der Waals surface area (Å²) in [4.78, 5) is 5.58. The van der Waals surface area contributed by atoms with Gasteiger partial charge in [-0.15, -0.1) is 11.3 Å². The second-order valence-corrected chi connectivity index (χ2v) is 5.85. The van der Waals surface area contributed by atoms with Crippen molar-refractivity contribution in [3.63, 3.8) is 0 Å². The van der Waals surface area contributed by atoms with Gasteiger partial charge in [0.25, 0.3) is 0 Å². The summed E-state index contributed by atoms with van der Waals surface area (Å²) >= 11 is 1.76. The van der Waals surface area contributed by atoms with Gasteiger partial charge in [-0.1, -0.05) is 20.8 Å². The van der Waals surface area contributed by atoms with Crippen LogP contribution in [-0.4, -0.2) is 11.5 Å². The molecule has 0 radical (unpaired) electrons. The first kappa shape index (κ1) is 10.7. The second kappa shape index (κ2) is 4.20. The van der Waals surface area contributed by atoms with Crippen LogP contribution in [0.2, 0.25) is 0 Å². The van der Waals surface area contributed by atoms with Crippen LogP contribution in [0.25, 0.3) is 0 Å². The quantitative estimate of drug-likeness (QED) is 0.807. The fourth-order valence-electron chi connectivity index (χ4n) is 1.03. The number of thiazole rings is 1.